The van der Waals surface area contributed by atoms with Gasteiger partial charge in [0.05, 0.1) is 17.6 Å². The summed E-state index contributed by atoms with van der Waals surface area (Å²) in [4.78, 5) is 30.8. The Bertz CT molecular complexity index is 1550. The molecule has 0 aliphatic rings. The molecule has 5 aromatic rings. The molecule has 0 aliphatic carbocycles. The lowest BCUT2D eigenvalue weighted by molar-refractivity contribution is 0.101. The molecule has 0 aliphatic heterocycles. The van der Waals surface area contributed by atoms with Crippen LogP contribution in [0.3, 0.4) is 0 Å². The van der Waals surface area contributed by atoms with E-state index in [2.05, 4.69) is 15.4 Å². The van der Waals surface area contributed by atoms with Crippen molar-refractivity contribution in [1.29, 1.82) is 0 Å². The van der Waals surface area contributed by atoms with E-state index in [0.29, 0.717) is 17.7 Å². The monoisotopic (exact) mass is 437 g/mol. The number of nitrogens with zero attached hydrogens (tertiary/aromatic N) is 4. The zero-order valence-corrected chi connectivity index (χ0v) is 18.4. The Morgan fingerprint density at radius 3 is 2.52 bits per heavy atom. The molecule has 0 saturated carbocycles. The molecule has 2 heterocycles. The number of benzene rings is 3. The van der Waals surface area contributed by atoms with Gasteiger partial charge < -0.3 is 5.32 Å². The number of aryl methyl sites for hydroxylation is 2. The normalized spacial score (nSPS) is 11.2. The van der Waals surface area contributed by atoms with Crippen LogP contribution in [0.5, 0.6) is 0 Å². The second kappa shape index (κ2) is 8.35. The zero-order valence-electron chi connectivity index (χ0n) is 18.4. The van der Waals surface area contributed by atoms with E-state index in [0.717, 1.165) is 28.6 Å². The van der Waals surface area contributed by atoms with Crippen LogP contribution >= 0.6 is 0 Å². The Hall–Kier alpha value is -4.26. The van der Waals surface area contributed by atoms with E-state index in [4.69, 9.17) is 0 Å². The zero-order chi connectivity index (χ0) is 22.9. The number of anilines is 1. The summed E-state index contributed by atoms with van der Waals surface area (Å²) in [5.74, 6) is -0.494. The first kappa shape index (κ1) is 20.6. The Labute approximate surface area is 190 Å². The highest BCUT2D eigenvalue weighted by Crippen LogP contribution is 2.19. The van der Waals surface area contributed by atoms with Crippen molar-refractivity contribution in [3.05, 3.63) is 106 Å². The van der Waals surface area contributed by atoms with Crippen molar-refractivity contribution in [2.24, 2.45) is 0 Å². The molecule has 0 fully saturated rings. The molecule has 33 heavy (non-hydrogen) atoms. The van der Waals surface area contributed by atoms with E-state index in [9.17, 15) is 9.59 Å². The molecular weight excluding hydrogens is 414 g/mol. The molecule has 7 heteroatoms. The van der Waals surface area contributed by atoms with Crippen LogP contribution in [0, 0.1) is 6.92 Å². The average Bonchev–Trinajstić information content (AvgIpc) is 3.29. The first-order valence-electron chi connectivity index (χ1n) is 10.9. The molecule has 0 saturated heterocycles. The molecule has 0 spiro atoms. The van der Waals surface area contributed by atoms with Crippen LogP contribution in [-0.2, 0) is 13.0 Å². The molecule has 0 bridgehead atoms. The van der Waals surface area contributed by atoms with Gasteiger partial charge >= 0.3 is 0 Å². The van der Waals surface area contributed by atoms with Crippen molar-refractivity contribution in [1.82, 2.24) is 19.2 Å². The summed E-state index contributed by atoms with van der Waals surface area (Å²) in [7, 11) is 0. The lowest BCUT2D eigenvalue weighted by Gasteiger charge is -2.12. The van der Waals surface area contributed by atoms with Crippen LogP contribution < -0.4 is 10.9 Å². The lowest BCUT2D eigenvalue weighted by Crippen LogP contribution is -2.24. The van der Waals surface area contributed by atoms with Crippen molar-refractivity contribution in [2.75, 3.05) is 5.32 Å². The summed E-state index contributed by atoms with van der Waals surface area (Å²) in [5, 5.41) is 7.29. The van der Waals surface area contributed by atoms with Gasteiger partial charge in [-0.2, -0.15) is 4.98 Å². The van der Waals surface area contributed by atoms with Gasteiger partial charge in [0, 0.05) is 5.69 Å². The van der Waals surface area contributed by atoms with Crippen LogP contribution in [0.1, 0.15) is 34.2 Å². The minimum atomic E-state index is -0.450. The highest BCUT2D eigenvalue weighted by atomic mass is 16.2. The van der Waals surface area contributed by atoms with E-state index in [1.807, 2.05) is 86.6 Å². The SMILES string of the molecule is CCc1ccccc1NC(=O)c1nc2c(=O)n(Cc3ccccc3)c3cc(C)ccc3n2n1. The number of para-hydroxylation sites is 1. The van der Waals surface area contributed by atoms with Crippen molar-refractivity contribution in [2.45, 2.75) is 26.8 Å². The summed E-state index contributed by atoms with van der Waals surface area (Å²) >= 11 is 0. The Morgan fingerprint density at radius 2 is 1.73 bits per heavy atom. The van der Waals surface area contributed by atoms with Crippen molar-refractivity contribution >= 4 is 28.3 Å². The number of carbonyl (C=O) groups excluding carboxylic acids is 1. The summed E-state index contributed by atoms with van der Waals surface area (Å²) in [5.41, 5.74) is 5.04. The minimum Gasteiger partial charge on any atom is -0.319 e. The fourth-order valence-electron chi connectivity index (χ4n) is 4.03. The Balaban J connectivity index is 1.64. The Kier molecular flexibility index (Phi) is 5.22. The van der Waals surface area contributed by atoms with E-state index in [-0.39, 0.29) is 17.0 Å². The molecule has 0 atom stereocenters. The van der Waals surface area contributed by atoms with Gasteiger partial charge in [0.15, 0.2) is 0 Å². The van der Waals surface area contributed by atoms with Crippen molar-refractivity contribution in [3.8, 4) is 0 Å². The maximum atomic E-state index is 13.5. The second-order valence-electron chi connectivity index (χ2n) is 8.00. The standard InChI is InChI=1S/C26H23N5O2/c1-3-19-11-7-8-12-20(19)27-25(32)23-28-24-26(33)30(16-18-9-5-4-6-10-18)22-15-17(2)13-14-21(22)31(24)29-23/h4-15H,3,16H2,1-2H3,(H,27,32). The van der Waals surface area contributed by atoms with Crippen LogP contribution in [-0.4, -0.2) is 25.1 Å². The largest absolute Gasteiger partial charge is 0.319 e. The van der Waals surface area contributed by atoms with Crippen LogP contribution in [0.4, 0.5) is 5.69 Å². The van der Waals surface area contributed by atoms with Crippen LogP contribution in [0.15, 0.2) is 77.6 Å². The number of rotatable bonds is 5. The quantitative estimate of drug-likeness (QED) is 0.446. The molecule has 164 valence electrons. The molecule has 0 radical (unpaired) electrons. The summed E-state index contributed by atoms with van der Waals surface area (Å²) in [6, 6.07) is 23.2. The molecule has 2 aromatic heterocycles. The maximum absolute atomic E-state index is 13.5. The lowest BCUT2D eigenvalue weighted by atomic mass is 10.1. The van der Waals surface area contributed by atoms with Gasteiger partial charge in [0.25, 0.3) is 11.5 Å². The number of hydrogen-bond acceptors (Lipinski definition) is 4. The topological polar surface area (TPSA) is 81.3 Å². The fourth-order valence-corrected chi connectivity index (χ4v) is 4.03. The molecule has 1 amide bonds. The van der Waals surface area contributed by atoms with Crippen molar-refractivity contribution in [3.63, 3.8) is 0 Å². The van der Waals surface area contributed by atoms with Gasteiger partial charge in [-0.3, -0.25) is 14.2 Å². The molecular formula is C26H23N5O2. The molecule has 1 N–H and O–H groups in total. The molecule has 3 aromatic carbocycles. The Morgan fingerprint density at radius 1 is 0.970 bits per heavy atom. The highest BCUT2D eigenvalue weighted by molar-refractivity contribution is 6.02. The summed E-state index contributed by atoms with van der Waals surface area (Å²) in [6.45, 7) is 4.40. The van der Waals surface area contributed by atoms with E-state index >= 15 is 0 Å². The smallest absolute Gasteiger partial charge is 0.296 e. The summed E-state index contributed by atoms with van der Waals surface area (Å²) < 4.78 is 3.16. The number of nitrogens with one attached hydrogen (secondary N) is 1. The highest BCUT2D eigenvalue weighted by Gasteiger charge is 2.20. The number of amides is 1. The van der Waals surface area contributed by atoms with Gasteiger partial charge in [0.1, 0.15) is 0 Å². The van der Waals surface area contributed by atoms with Gasteiger partial charge in [-0.25, -0.2) is 4.52 Å². The van der Waals surface area contributed by atoms with Gasteiger partial charge in [-0.1, -0.05) is 61.5 Å². The van der Waals surface area contributed by atoms with Crippen molar-refractivity contribution < 1.29 is 4.79 Å². The third kappa shape index (κ3) is 3.78. The first-order valence-corrected chi connectivity index (χ1v) is 10.9. The molecule has 0 unspecified atom stereocenters. The number of fused-ring (bicyclic) bond motifs is 3. The average molecular weight is 438 g/mol. The van der Waals surface area contributed by atoms with Gasteiger partial charge in [0.2, 0.25) is 11.5 Å². The number of aromatic nitrogens is 4. The third-order valence-corrected chi connectivity index (χ3v) is 5.73. The number of hydrogen-bond donors (Lipinski definition) is 1. The second-order valence-corrected chi connectivity index (χ2v) is 8.00. The summed E-state index contributed by atoms with van der Waals surface area (Å²) in [6.07, 6.45) is 0.781. The minimum absolute atomic E-state index is 0.0441. The van der Waals surface area contributed by atoms with E-state index in [1.54, 1.807) is 4.57 Å². The first-order chi connectivity index (χ1) is 16.0. The molecule has 7 nitrogen and oxygen atoms in total. The van der Waals surface area contributed by atoms with E-state index < -0.39 is 5.91 Å². The predicted octanol–water partition coefficient (Wildman–Crippen LogP) is 4.22. The third-order valence-electron chi connectivity index (χ3n) is 5.73. The van der Waals surface area contributed by atoms with E-state index in [1.165, 1.54) is 4.52 Å². The van der Waals surface area contributed by atoms with Gasteiger partial charge in [-0.15, -0.1) is 5.10 Å². The number of carbonyl (C=O) groups is 1. The molecule has 5 rings (SSSR count). The van der Waals surface area contributed by atoms with Crippen LogP contribution in [0.2, 0.25) is 0 Å². The van der Waals surface area contributed by atoms with Gasteiger partial charge in [-0.05, 0) is 48.2 Å². The predicted molar refractivity (Wildman–Crippen MR) is 129 cm³/mol. The van der Waals surface area contributed by atoms with Crippen LogP contribution in [0.25, 0.3) is 16.7 Å². The maximum Gasteiger partial charge on any atom is 0.296 e. The fraction of sp³-hybridized carbons (Fsp3) is 0.154.